The van der Waals surface area contributed by atoms with E-state index in [0.717, 1.165) is 21.6 Å². The molecule has 0 spiro atoms. The fourth-order valence-electron chi connectivity index (χ4n) is 4.41. The van der Waals surface area contributed by atoms with E-state index in [0.29, 0.717) is 41.0 Å². The average Bonchev–Trinajstić information content (AvgIpc) is 3.00. The van der Waals surface area contributed by atoms with Gasteiger partial charge in [0.05, 0.1) is 17.3 Å². The van der Waals surface area contributed by atoms with Gasteiger partial charge in [0.15, 0.2) is 11.5 Å². The second-order valence-electron chi connectivity index (χ2n) is 9.90. The van der Waals surface area contributed by atoms with Gasteiger partial charge in [0.25, 0.3) is 11.8 Å². The predicted molar refractivity (Wildman–Crippen MR) is 169 cm³/mol. The number of urea groups is 1. The van der Waals surface area contributed by atoms with Crippen molar-refractivity contribution in [1.82, 2.24) is 5.32 Å². The highest BCUT2D eigenvalue weighted by Crippen LogP contribution is 2.38. The monoisotopic (exact) mass is 630 g/mol. The summed E-state index contributed by atoms with van der Waals surface area (Å²) in [6.45, 7) is 4.73. The zero-order valence-corrected chi connectivity index (χ0v) is 25.4. The number of anilines is 1. The third-order valence-corrected chi connectivity index (χ3v) is 7.19. The van der Waals surface area contributed by atoms with Crippen LogP contribution in [0, 0.1) is 6.92 Å². The number of barbiturate groups is 1. The lowest BCUT2D eigenvalue weighted by Gasteiger charge is -2.26. The van der Waals surface area contributed by atoms with Crippen LogP contribution in [0.4, 0.5) is 10.5 Å². The number of hydrogen-bond acceptors (Lipinski definition) is 6. The van der Waals surface area contributed by atoms with Gasteiger partial charge in [-0.05, 0) is 85.1 Å². The molecular formula is C34H28Cl2N2O6. The first-order valence-corrected chi connectivity index (χ1v) is 14.5. The Morgan fingerprint density at radius 3 is 2.09 bits per heavy atom. The van der Waals surface area contributed by atoms with Crippen molar-refractivity contribution in [3.05, 3.63) is 123 Å². The highest BCUT2D eigenvalue weighted by Gasteiger charge is 2.37. The highest BCUT2D eigenvalue weighted by molar-refractivity contribution is 6.39. The van der Waals surface area contributed by atoms with Gasteiger partial charge < -0.3 is 14.2 Å². The van der Waals surface area contributed by atoms with Crippen molar-refractivity contribution >= 4 is 52.8 Å². The molecule has 224 valence electrons. The number of hydrogen-bond donors (Lipinski definition) is 1. The number of aryl methyl sites for hydroxylation is 1. The summed E-state index contributed by atoms with van der Waals surface area (Å²) in [6, 6.07) is 23.9. The Morgan fingerprint density at radius 1 is 0.795 bits per heavy atom. The molecule has 1 fully saturated rings. The molecule has 8 nitrogen and oxygen atoms in total. The highest BCUT2D eigenvalue weighted by atomic mass is 35.5. The summed E-state index contributed by atoms with van der Waals surface area (Å²) in [6.07, 6.45) is 1.36. The molecular weight excluding hydrogens is 603 g/mol. The van der Waals surface area contributed by atoms with Gasteiger partial charge >= 0.3 is 6.03 Å². The molecule has 4 amide bonds. The normalized spacial score (nSPS) is 14.0. The minimum absolute atomic E-state index is 0.237. The minimum Gasteiger partial charge on any atom is -0.490 e. The number of nitrogens with zero attached hydrogens (tertiary/aromatic N) is 1. The second-order valence-corrected chi connectivity index (χ2v) is 10.7. The van der Waals surface area contributed by atoms with Crippen LogP contribution < -0.4 is 24.4 Å². The molecule has 44 heavy (non-hydrogen) atoms. The van der Waals surface area contributed by atoms with E-state index in [9.17, 15) is 14.4 Å². The van der Waals surface area contributed by atoms with Crippen molar-refractivity contribution in [1.29, 1.82) is 0 Å². The number of nitrogens with one attached hydrogen (secondary N) is 1. The minimum atomic E-state index is -0.861. The first-order valence-electron chi connectivity index (χ1n) is 13.7. The lowest BCUT2D eigenvalue weighted by molar-refractivity contribution is -0.122. The van der Waals surface area contributed by atoms with E-state index < -0.39 is 17.8 Å². The van der Waals surface area contributed by atoms with Crippen LogP contribution in [0.15, 0.2) is 90.5 Å². The predicted octanol–water partition coefficient (Wildman–Crippen LogP) is 7.52. The van der Waals surface area contributed by atoms with Crippen LogP contribution in [0.25, 0.3) is 6.08 Å². The van der Waals surface area contributed by atoms with E-state index in [2.05, 4.69) is 5.32 Å². The number of imide groups is 2. The fourth-order valence-corrected chi connectivity index (χ4v) is 4.81. The summed E-state index contributed by atoms with van der Waals surface area (Å²) in [4.78, 5) is 39.9. The molecule has 0 aromatic heterocycles. The molecule has 1 saturated heterocycles. The molecule has 0 radical (unpaired) electrons. The molecule has 10 heteroatoms. The molecule has 0 saturated carbocycles. The molecule has 1 N–H and O–H groups in total. The van der Waals surface area contributed by atoms with Gasteiger partial charge in [0.2, 0.25) is 0 Å². The molecule has 5 rings (SSSR count). The van der Waals surface area contributed by atoms with E-state index in [-0.39, 0.29) is 22.9 Å². The Hall–Kier alpha value is -4.79. The van der Waals surface area contributed by atoms with E-state index >= 15 is 0 Å². The third-order valence-electron chi connectivity index (χ3n) is 6.66. The summed E-state index contributed by atoms with van der Waals surface area (Å²) in [7, 11) is 0. The van der Waals surface area contributed by atoms with Gasteiger partial charge in [-0.25, -0.2) is 9.69 Å². The standard InChI is InChI=1S/C34H28Cl2N2O6/c1-3-42-30-18-24(17-29(36)31(30)44-20-22-6-4-21(2)5-7-22)16-28-32(39)37-34(41)38(33(28)40)26-12-14-27(15-13-26)43-19-23-8-10-25(35)11-9-23/h4-18H,3,19-20H2,1-2H3,(H,37,39,41)/b28-16+. The molecule has 1 aliphatic heterocycles. The summed E-state index contributed by atoms with van der Waals surface area (Å²) in [5.41, 5.74) is 3.44. The van der Waals surface area contributed by atoms with Gasteiger partial charge in [-0.2, -0.15) is 0 Å². The maximum Gasteiger partial charge on any atom is 0.335 e. The Morgan fingerprint density at radius 2 is 1.43 bits per heavy atom. The quantitative estimate of drug-likeness (QED) is 0.144. The average molecular weight is 632 g/mol. The molecule has 4 aromatic carbocycles. The number of carbonyl (C=O) groups is 3. The van der Waals surface area contributed by atoms with E-state index in [1.54, 1.807) is 48.5 Å². The molecule has 4 aromatic rings. The van der Waals surface area contributed by atoms with Gasteiger partial charge in [-0.1, -0.05) is 65.2 Å². The number of rotatable bonds is 10. The molecule has 0 aliphatic carbocycles. The summed E-state index contributed by atoms with van der Waals surface area (Å²) in [5.74, 6) is -0.394. The van der Waals surface area contributed by atoms with Crippen LogP contribution >= 0.6 is 23.2 Å². The van der Waals surface area contributed by atoms with Crippen molar-refractivity contribution in [2.45, 2.75) is 27.1 Å². The Labute approximate surface area is 264 Å². The van der Waals surface area contributed by atoms with Crippen molar-refractivity contribution in [3.63, 3.8) is 0 Å². The lowest BCUT2D eigenvalue weighted by Crippen LogP contribution is -2.54. The molecule has 0 unspecified atom stereocenters. The van der Waals surface area contributed by atoms with Gasteiger partial charge in [-0.15, -0.1) is 0 Å². The molecule has 0 bridgehead atoms. The van der Waals surface area contributed by atoms with Crippen LogP contribution in [-0.4, -0.2) is 24.5 Å². The summed E-state index contributed by atoms with van der Waals surface area (Å²) < 4.78 is 17.6. The van der Waals surface area contributed by atoms with Crippen LogP contribution in [0.1, 0.15) is 29.2 Å². The SMILES string of the molecule is CCOc1cc(/C=C2\C(=O)NC(=O)N(c3ccc(OCc4ccc(Cl)cc4)cc3)C2=O)cc(Cl)c1OCc1ccc(C)cc1. The largest absolute Gasteiger partial charge is 0.490 e. The van der Waals surface area contributed by atoms with Crippen molar-refractivity contribution in [2.75, 3.05) is 11.5 Å². The van der Waals surface area contributed by atoms with E-state index in [4.69, 9.17) is 37.4 Å². The maximum atomic E-state index is 13.5. The third kappa shape index (κ3) is 7.22. The number of amides is 4. The zero-order chi connectivity index (χ0) is 31.2. The first-order chi connectivity index (χ1) is 21.2. The van der Waals surface area contributed by atoms with E-state index in [1.807, 2.05) is 50.2 Å². The molecule has 1 aliphatic rings. The topological polar surface area (TPSA) is 94.2 Å². The Balaban J connectivity index is 1.35. The number of benzene rings is 4. The lowest BCUT2D eigenvalue weighted by atomic mass is 10.1. The van der Waals surface area contributed by atoms with Crippen LogP contribution in [-0.2, 0) is 22.8 Å². The van der Waals surface area contributed by atoms with Crippen molar-refractivity contribution in [3.8, 4) is 17.2 Å². The van der Waals surface area contributed by atoms with Crippen molar-refractivity contribution in [2.24, 2.45) is 0 Å². The van der Waals surface area contributed by atoms with Gasteiger partial charge in [0.1, 0.15) is 24.5 Å². The molecule has 1 heterocycles. The number of halogens is 2. The summed E-state index contributed by atoms with van der Waals surface area (Å²) >= 11 is 12.5. The Bertz CT molecular complexity index is 1720. The van der Waals surface area contributed by atoms with Crippen LogP contribution in [0.5, 0.6) is 17.2 Å². The van der Waals surface area contributed by atoms with E-state index in [1.165, 1.54) is 6.08 Å². The molecule has 0 atom stereocenters. The van der Waals surface area contributed by atoms with Crippen molar-refractivity contribution < 1.29 is 28.6 Å². The van der Waals surface area contributed by atoms with Gasteiger partial charge in [-0.3, -0.25) is 14.9 Å². The summed E-state index contributed by atoms with van der Waals surface area (Å²) in [5, 5.41) is 3.10. The van der Waals surface area contributed by atoms with Crippen LogP contribution in [0.2, 0.25) is 10.0 Å². The first kappa shape index (κ1) is 30.7. The number of ether oxygens (including phenoxy) is 3. The van der Waals surface area contributed by atoms with Gasteiger partial charge in [0, 0.05) is 5.02 Å². The maximum absolute atomic E-state index is 13.5. The number of carbonyl (C=O) groups excluding carboxylic acids is 3. The second kappa shape index (κ2) is 13.7. The smallest absolute Gasteiger partial charge is 0.335 e. The fraction of sp³-hybridized carbons (Fsp3) is 0.147. The van der Waals surface area contributed by atoms with Crippen LogP contribution in [0.3, 0.4) is 0 Å². The zero-order valence-electron chi connectivity index (χ0n) is 23.9. The Kier molecular flexibility index (Phi) is 9.53.